The zero-order valence-corrected chi connectivity index (χ0v) is 16.1. The lowest BCUT2D eigenvalue weighted by atomic mass is 10.2. The first-order valence-corrected chi connectivity index (χ1v) is 10.1. The minimum Gasteiger partial charge on any atom is -0.446 e. The van der Waals surface area contributed by atoms with Gasteiger partial charge >= 0.3 is 12.1 Å². The molecule has 0 aromatic heterocycles. The van der Waals surface area contributed by atoms with Crippen LogP contribution in [-0.2, 0) is 14.8 Å². The molecule has 0 heterocycles. The first-order chi connectivity index (χ1) is 11.1. The van der Waals surface area contributed by atoms with Crippen molar-refractivity contribution in [2.24, 2.45) is 0 Å². The van der Waals surface area contributed by atoms with Crippen LogP contribution in [0.3, 0.4) is 0 Å². The molecular formula is C15H31N3O5S. The van der Waals surface area contributed by atoms with Crippen LogP contribution >= 0.6 is 0 Å². The van der Waals surface area contributed by atoms with Crippen molar-refractivity contribution >= 4 is 22.1 Å². The standard InChI is InChI=1S/C15H31N3O5S/c1-6-8-9-10-11-24(21,22)18(14(19)16-13(5)7-2)17-15(20)23-12(3)4/h12-13H,6-11H2,1-5H3,(H,16,19)(H,17,20). The summed E-state index contributed by atoms with van der Waals surface area (Å²) >= 11 is 0. The lowest BCUT2D eigenvalue weighted by Gasteiger charge is -2.24. The second-order valence-corrected chi connectivity index (χ2v) is 7.90. The summed E-state index contributed by atoms with van der Waals surface area (Å²) in [7, 11) is -3.98. The fourth-order valence-electron chi connectivity index (χ4n) is 1.74. The molecule has 2 N–H and O–H groups in total. The van der Waals surface area contributed by atoms with Gasteiger partial charge in [-0.15, -0.1) is 4.41 Å². The van der Waals surface area contributed by atoms with E-state index in [0.29, 0.717) is 17.3 Å². The number of rotatable bonds is 9. The molecule has 0 fully saturated rings. The van der Waals surface area contributed by atoms with Gasteiger partial charge in [-0.2, -0.15) is 0 Å². The van der Waals surface area contributed by atoms with Gasteiger partial charge in [-0.3, -0.25) is 0 Å². The summed E-state index contributed by atoms with van der Waals surface area (Å²) in [6, 6.07) is -1.11. The van der Waals surface area contributed by atoms with Gasteiger partial charge in [0.2, 0.25) is 0 Å². The van der Waals surface area contributed by atoms with E-state index in [2.05, 4.69) is 5.32 Å². The molecule has 0 aliphatic carbocycles. The van der Waals surface area contributed by atoms with Gasteiger partial charge in [-0.1, -0.05) is 33.1 Å². The molecule has 1 unspecified atom stereocenters. The predicted octanol–water partition coefficient (Wildman–Crippen LogP) is 2.76. The van der Waals surface area contributed by atoms with Crippen LogP contribution < -0.4 is 10.7 Å². The molecule has 0 bridgehead atoms. The lowest BCUT2D eigenvalue weighted by molar-refractivity contribution is 0.102. The van der Waals surface area contributed by atoms with Gasteiger partial charge in [0.1, 0.15) is 0 Å². The molecule has 9 heteroatoms. The second kappa shape index (κ2) is 11.1. The van der Waals surface area contributed by atoms with Crippen molar-refractivity contribution in [1.29, 1.82) is 0 Å². The van der Waals surface area contributed by atoms with E-state index in [4.69, 9.17) is 4.74 Å². The molecule has 0 aromatic rings. The number of nitrogens with zero attached hydrogens (tertiary/aromatic N) is 1. The highest BCUT2D eigenvalue weighted by Crippen LogP contribution is 2.07. The Balaban J connectivity index is 5.07. The van der Waals surface area contributed by atoms with Crippen molar-refractivity contribution in [3.63, 3.8) is 0 Å². The summed E-state index contributed by atoms with van der Waals surface area (Å²) in [5.41, 5.74) is 2.03. The zero-order valence-electron chi connectivity index (χ0n) is 15.3. The minimum absolute atomic E-state index is 0.219. The van der Waals surface area contributed by atoms with Crippen LogP contribution in [0.25, 0.3) is 0 Å². The van der Waals surface area contributed by atoms with E-state index in [1.54, 1.807) is 20.8 Å². The maximum absolute atomic E-state index is 12.4. The SMILES string of the molecule is CCCCCCS(=O)(=O)N(NC(=O)OC(C)C)C(=O)NC(C)CC. The Kier molecular flexibility index (Phi) is 10.4. The van der Waals surface area contributed by atoms with E-state index in [0.717, 1.165) is 19.3 Å². The van der Waals surface area contributed by atoms with Crippen LogP contribution in [-0.4, -0.2) is 42.9 Å². The van der Waals surface area contributed by atoms with Crippen LogP contribution in [0.15, 0.2) is 0 Å². The number of urea groups is 1. The summed E-state index contributed by atoms with van der Waals surface area (Å²) in [5, 5.41) is 2.53. The van der Waals surface area contributed by atoms with Crippen molar-refractivity contribution in [3.05, 3.63) is 0 Å². The number of hydrazine groups is 1. The van der Waals surface area contributed by atoms with Crippen molar-refractivity contribution in [1.82, 2.24) is 15.2 Å². The zero-order chi connectivity index (χ0) is 18.8. The van der Waals surface area contributed by atoms with Gasteiger partial charge in [0, 0.05) is 6.04 Å². The van der Waals surface area contributed by atoms with E-state index in [9.17, 15) is 18.0 Å². The van der Waals surface area contributed by atoms with Gasteiger partial charge in [0.15, 0.2) is 0 Å². The molecule has 0 rings (SSSR count). The Hall–Kier alpha value is -1.51. The molecule has 3 amide bonds. The molecule has 0 aliphatic rings. The highest BCUT2D eigenvalue weighted by molar-refractivity contribution is 7.89. The van der Waals surface area contributed by atoms with Gasteiger partial charge in [0.05, 0.1) is 11.9 Å². The number of hydrogen-bond donors (Lipinski definition) is 2. The summed E-state index contributed by atoms with van der Waals surface area (Å²) in [5.74, 6) is -0.219. The Morgan fingerprint density at radius 2 is 1.71 bits per heavy atom. The van der Waals surface area contributed by atoms with Crippen molar-refractivity contribution in [2.75, 3.05) is 5.75 Å². The number of carbonyl (C=O) groups excluding carboxylic acids is 2. The predicted molar refractivity (Wildman–Crippen MR) is 92.8 cm³/mol. The average Bonchev–Trinajstić information content (AvgIpc) is 2.48. The number of unbranched alkanes of at least 4 members (excludes halogenated alkanes) is 3. The van der Waals surface area contributed by atoms with Crippen LogP contribution in [0.2, 0.25) is 0 Å². The highest BCUT2D eigenvalue weighted by Gasteiger charge is 2.30. The number of amides is 3. The first kappa shape index (κ1) is 22.5. The van der Waals surface area contributed by atoms with E-state index in [1.807, 2.05) is 19.3 Å². The normalized spacial score (nSPS) is 12.6. The summed E-state index contributed by atoms with van der Waals surface area (Å²) < 4.78 is 30.1. The number of sulfonamides is 1. The summed E-state index contributed by atoms with van der Waals surface area (Å²) in [6.07, 6.45) is 2.26. The maximum atomic E-state index is 12.4. The van der Waals surface area contributed by atoms with E-state index >= 15 is 0 Å². The molecule has 1 atom stereocenters. The quantitative estimate of drug-likeness (QED) is 0.483. The molecule has 8 nitrogen and oxygen atoms in total. The van der Waals surface area contributed by atoms with Crippen LogP contribution in [0.4, 0.5) is 9.59 Å². The van der Waals surface area contributed by atoms with Gasteiger partial charge < -0.3 is 10.1 Å². The third kappa shape index (κ3) is 8.95. The highest BCUT2D eigenvalue weighted by atomic mass is 32.2. The molecule has 0 aromatic carbocycles. The second-order valence-electron chi connectivity index (χ2n) is 5.97. The Morgan fingerprint density at radius 1 is 1.08 bits per heavy atom. The first-order valence-electron chi connectivity index (χ1n) is 8.44. The number of nitrogens with one attached hydrogen (secondary N) is 2. The Bertz CT molecular complexity index is 493. The van der Waals surface area contributed by atoms with E-state index in [1.165, 1.54) is 0 Å². The molecule has 0 radical (unpaired) electrons. The van der Waals surface area contributed by atoms with Crippen LogP contribution in [0.1, 0.15) is 66.7 Å². The molecule has 0 saturated heterocycles. The van der Waals surface area contributed by atoms with E-state index in [-0.39, 0.29) is 11.8 Å². The van der Waals surface area contributed by atoms with Crippen LogP contribution in [0.5, 0.6) is 0 Å². The van der Waals surface area contributed by atoms with Crippen LogP contribution in [0, 0.1) is 0 Å². The van der Waals surface area contributed by atoms with Crippen molar-refractivity contribution < 1.29 is 22.7 Å². The van der Waals surface area contributed by atoms with Gasteiger partial charge in [0.25, 0.3) is 10.0 Å². The minimum atomic E-state index is -3.98. The number of ether oxygens (including phenoxy) is 1. The topological polar surface area (TPSA) is 105 Å². The summed E-state index contributed by atoms with van der Waals surface area (Å²) in [6.45, 7) is 8.88. The Morgan fingerprint density at radius 3 is 2.21 bits per heavy atom. The third-order valence-electron chi connectivity index (χ3n) is 3.24. The molecule has 142 valence electrons. The third-order valence-corrected chi connectivity index (χ3v) is 4.85. The molecule has 0 aliphatic heterocycles. The monoisotopic (exact) mass is 365 g/mol. The molecule has 24 heavy (non-hydrogen) atoms. The van der Waals surface area contributed by atoms with Gasteiger partial charge in [-0.25, -0.2) is 23.4 Å². The number of carbonyl (C=O) groups is 2. The van der Waals surface area contributed by atoms with Crippen molar-refractivity contribution in [3.8, 4) is 0 Å². The molecule has 0 saturated carbocycles. The fourth-order valence-corrected chi connectivity index (χ4v) is 3.01. The smallest absolute Gasteiger partial charge is 0.427 e. The fraction of sp³-hybridized carbons (Fsp3) is 0.867. The summed E-state index contributed by atoms with van der Waals surface area (Å²) in [4.78, 5) is 24.0. The molecule has 0 spiro atoms. The maximum Gasteiger partial charge on any atom is 0.427 e. The Labute approximate surface area is 145 Å². The van der Waals surface area contributed by atoms with Crippen molar-refractivity contribution in [2.45, 2.75) is 78.9 Å². The lowest BCUT2D eigenvalue weighted by Crippen LogP contribution is -2.55. The average molecular weight is 365 g/mol. The van der Waals surface area contributed by atoms with E-state index < -0.39 is 28.3 Å². The molecular weight excluding hydrogens is 334 g/mol. The largest absolute Gasteiger partial charge is 0.446 e. The van der Waals surface area contributed by atoms with Gasteiger partial charge in [-0.05, 0) is 33.6 Å². The number of hydrogen-bond acceptors (Lipinski definition) is 5.